The van der Waals surface area contributed by atoms with Crippen molar-refractivity contribution in [1.82, 2.24) is 0 Å². The van der Waals surface area contributed by atoms with Gasteiger partial charge in [0.2, 0.25) is 0 Å². The van der Waals surface area contributed by atoms with Gasteiger partial charge in [-0.2, -0.15) is 60.6 Å². The number of aryl methyl sites for hydroxylation is 1. The predicted molar refractivity (Wildman–Crippen MR) is 139 cm³/mol. The van der Waals surface area contributed by atoms with E-state index in [0.717, 1.165) is 22.4 Å². The molecule has 0 amide bonds. The van der Waals surface area contributed by atoms with Crippen molar-refractivity contribution in [2.75, 3.05) is 0 Å². The van der Waals surface area contributed by atoms with Crippen molar-refractivity contribution in [3.05, 3.63) is 133 Å². The van der Waals surface area contributed by atoms with Gasteiger partial charge in [0.1, 0.15) is 10.6 Å². The Labute approximate surface area is 222 Å². The molecule has 0 unspecified atom stereocenters. The van der Waals surface area contributed by atoms with Crippen LogP contribution in [0.25, 0.3) is 11.1 Å². The molecule has 5 nitrogen and oxygen atoms in total. The van der Waals surface area contributed by atoms with Gasteiger partial charge in [0.15, 0.2) is 0 Å². The van der Waals surface area contributed by atoms with E-state index in [-0.39, 0.29) is 27.7 Å². The van der Waals surface area contributed by atoms with E-state index >= 15 is 0 Å². The molecule has 0 atom stereocenters. The van der Waals surface area contributed by atoms with Crippen LogP contribution in [0.4, 0.5) is 11.4 Å². The molecule has 0 radical (unpaired) electrons. The number of hydrogen-bond donors (Lipinski definition) is 0. The summed E-state index contributed by atoms with van der Waals surface area (Å²) < 4.78 is 30.0. The molecule has 0 aliphatic carbocycles. The maximum absolute atomic E-state index is 12.4. The molecule has 0 spiro atoms. The van der Waals surface area contributed by atoms with Crippen LogP contribution in [0.2, 0.25) is 0 Å². The Balaban J connectivity index is 0.000000538. The van der Waals surface area contributed by atoms with Gasteiger partial charge in [-0.25, -0.2) is 12.1 Å². The molecular weight excluding hydrogens is 512 g/mol. The zero-order valence-corrected chi connectivity index (χ0v) is 21.4. The third-order valence-corrected chi connectivity index (χ3v) is 6.24. The second-order valence-corrected chi connectivity index (χ2v) is 9.28. The van der Waals surface area contributed by atoms with E-state index in [1.165, 1.54) is 6.07 Å². The van der Waals surface area contributed by atoms with Crippen LogP contribution in [0.3, 0.4) is 0 Å². The van der Waals surface area contributed by atoms with Crippen molar-refractivity contribution < 1.29 is 29.7 Å². The molecule has 5 aromatic carbocycles. The Bertz CT molecular complexity index is 1460. The van der Waals surface area contributed by atoms with Crippen molar-refractivity contribution in [2.45, 2.75) is 11.8 Å². The Kier molecular flexibility index (Phi) is 9.53. The van der Waals surface area contributed by atoms with Crippen LogP contribution in [0, 0.1) is 6.92 Å². The van der Waals surface area contributed by atoms with E-state index in [4.69, 9.17) is 4.18 Å². The standard InChI is InChI=1S/C24H19N2O3S.C5H5.Fe/c1-18-6-4-11-24(16-18)30(27,28)29-23-14-12-21(13-15-23)25-26-22-10-5-9-20(17-22)19-7-2-3-8-19;1-2-4-5-3-1;/h2-17H,1H3;1-5H;/q2*-1;+2. The molecule has 0 heterocycles. The average Bonchev–Trinajstić information content (AvgIpc) is 3.61. The summed E-state index contributed by atoms with van der Waals surface area (Å²) in [7, 11) is -3.88. The first-order chi connectivity index (χ1) is 17.0. The van der Waals surface area contributed by atoms with E-state index in [0.29, 0.717) is 5.69 Å². The number of nitrogens with zero attached hydrogens (tertiary/aromatic N) is 2. The van der Waals surface area contributed by atoms with Crippen molar-refractivity contribution >= 4 is 21.5 Å². The van der Waals surface area contributed by atoms with Crippen LogP contribution in [0.15, 0.2) is 143 Å². The summed E-state index contributed by atoms with van der Waals surface area (Å²) in [6, 6.07) is 38.9. The number of benzene rings is 3. The predicted octanol–water partition coefficient (Wildman–Crippen LogP) is 7.97. The largest absolute Gasteiger partial charge is 2.00 e. The van der Waals surface area contributed by atoms with Gasteiger partial charge in [0, 0.05) is 0 Å². The van der Waals surface area contributed by atoms with Gasteiger partial charge in [-0.15, -0.1) is 6.07 Å². The fraction of sp³-hybridized carbons (Fsp3) is 0.0345. The SMILES string of the molecule is Cc1cccc(S(=O)(=O)Oc2ccc(N=Nc3cccc(-c4ccc[cH-]4)c3)cc2)c1.[Fe+2].c1cc[cH-]c1. The van der Waals surface area contributed by atoms with Crippen LogP contribution in [0.5, 0.6) is 5.75 Å². The first kappa shape index (κ1) is 26.8. The zero-order chi connectivity index (χ0) is 24.5. The van der Waals surface area contributed by atoms with Gasteiger partial charge in [0.25, 0.3) is 0 Å². The average molecular weight is 536 g/mol. The molecule has 0 saturated carbocycles. The molecule has 0 saturated heterocycles. The Morgan fingerprint density at radius 1 is 0.722 bits per heavy atom. The molecule has 5 aromatic rings. The van der Waals surface area contributed by atoms with Gasteiger partial charge in [-0.3, -0.25) is 0 Å². The number of hydrogen-bond acceptors (Lipinski definition) is 5. The Morgan fingerprint density at radius 2 is 1.44 bits per heavy atom. The molecule has 36 heavy (non-hydrogen) atoms. The Hall–Kier alpha value is -3.77. The molecule has 0 bridgehead atoms. The van der Waals surface area contributed by atoms with Crippen LogP contribution >= 0.6 is 0 Å². The van der Waals surface area contributed by atoms with Gasteiger partial charge in [-0.05, 0) is 55.0 Å². The minimum atomic E-state index is -3.88. The molecule has 182 valence electrons. The van der Waals surface area contributed by atoms with Crippen molar-refractivity contribution in [1.29, 1.82) is 0 Å². The molecule has 7 heteroatoms. The summed E-state index contributed by atoms with van der Waals surface area (Å²) in [6.07, 6.45) is 0. The van der Waals surface area contributed by atoms with Gasteiger partial charge >= 0.3 is 27.2 Å². The summed E-state index contributed by atoms with van der Waals surface area (Å²) in [5.74, 6) is 0.216. The summed E-state index contributed by atoms with van der Waals surface area (Å²) in [6.45, 7) is 1.83. The summed E-state index contributed by atoms with van der Waals surface area (Å²) >= 11 is 0. The van der Waals surface area contributed by atoms with Crippen LogP contribution in [-0.4, -0.2) is 8.42 Å². The molecule has 0 N–H and O–H groups in total. The monoisotopic (exact) mass is 536 g/mol. The Morgan fingerprint density at radius 3 is 2.08 bits per heavy atom. The van der Waals surface area contributed by atoms with Gasteiger partial charge in [0.05, 0.1) is 11.4 Å². The van der Waals surface area contributed by atoms with Crippen LogP contribution in [0.1, 0.15) is 5.56 Å². The molecular formula is C29H24FeN2O3S. The van der Waals surface area contributed by atoms with Crippen LogP contribution in [-0.2, 0) is 27.2 Å². The minimum absolute atomic E-state index is 0. The summed E-state index contributed by atoms with van der Waals surface area (Å²) in [5.41, 5.74) is 4.37. The maximum Gasteiger partial charge on any atom is 2.00 e. The topological polar surface area (TPSA) is 68.1 Å². The third-order valence-electron chi connectivity index (χ3n) is 5.00. The summed E-state index contributed by atoms with van der Waals surface area (Å²) in [4.78, 5) is 0.121. The van der Waals surface area contributed by atoms with Crippen LogP contribution < -0.4 is 4.18 Å². The number of rotatable bonds is 6. The third kappa shape index (κ3) is 7.62. The zero-order valence-electron chi connectivity index (χ0n) is 19.5. The first-order valence-electron chi connectivity index (χ1n) is 11.0. The van der Waals surface area contributed by atoms with Gasteiger partial charge < -0.3 is 4.18 Å². The molecule has 0 fully saturated rings. The molecule has 0 aromatic heterocycles. The summed E-state index contributed by atoms with van der Waals surface area (Å²) in [5, 5.41) is 8.50. The van der Waals surface area contributed by atoms with E-state index in [1.54, 1.807) is 36.4 Å². The maximum atomic E-state index is 12.4. The smallest absolute Gasteiger partial charge is 0.379 e. The van der Waals surface area contributed by atoms with Gasteiger partial charge in [-0.1, -0.05) is 35.9 Å². The fourth-order valence-electron chi connectivity index (χ4n) is 3.26. The number of azo groups is 1. The first-order valence-corrected chi connectivity index (χ1v) is 12.4. The second-order valence-electron chi connectivity index (χ2n) is 7.73. The van der Waals surface area contributed by atoms with Crippen molar-refractivity contribution in [2.24, 2.45) is 10.2 Å². The van der Waals surface area contributed by atoms with E-state index < -0.39 is 10.1 Å². The van der Waals surface area contributed by atoms with E-state index in [1.807, 2.05) is 91.9 Å². The quantitative estimate of drug-likeness (QED) is 0.0957. The normalized spacial score (nSPS) is 10.8. The van der Waals surface area contributed by atoms with E-state index in [2.05, 4.69) is 10.2 Å². The second kappa shape index (κ2) is 12.8. The molecule has 0 aliphatic rings. The van der Waals surface area contributed by atoms with Crippen molar-refractivity contribution in [3.63, 3.8) is 0 Å². The fourth-order valence-corrected chi connectivity index (χ4v) is 4.30. The molecule has 0 aliphatic heterocycles. The molecule has 5 rings (SSSR count). The van der Waals surface area contributed by atoms with Crippen molar-refractivity contribution in [3.8, 4) is 16.9 Å². The van der Waals surface area contributed by atoms with E-state index in [9.17, 15) is 8.42 Å². The minimum Gasteiger partial charge on any atom is -0.379 e.